The van der Waals surface area contributed by atoms with Crippen molar-refractivity contribution in [2.75, 3.05) is 26.3 Å². The maximum atomic E-state index is 12.1. The number of hydrogen-bond acceptors (Lipinski definition) is 5. The molecule has 0 aromatic carbocycles. The predicted molar refractivity (Wildman–Crippen MR) is 128 cm³/mol. The number of hydrogen-bond donors (Lipinski definition) is 1. The van der Waals surface area contributed by atoms with Crippen molar-refractivity contribution in [3.63, 3.8) is 0 Å². The Balaban J connectivity index is 1.26. The number of ether oxygens (including phenoxy) is 3. The Bertz CT molecular complexity index is 721. The molecule has 0 spiro atoms. The van der Waals surface area contributed by atoms with Gasteiger partial charge in [-0.05, 0) is 106 Å². The number of rotatable bonds is 4. The molecule has 2 aliphatic heterocycles. The quantitative estimate of drug-likeness (QED) is 0.641. The fourth-order valence-corrected chi connectivity index (χ4v) is 9.79. The summed E-state index contributed by atoms with van der Waals surface area (Å²) in [5, 5.41) is 12.1. The van der Waals surface area contributed by atoms with Gasteiger partial charge in [0.25, 0.3) is 0 Å². The summed E-state index contributed by atoms with van der Waals surface area (Å²) in [6.07, 6.45) is 13.4. The van der Waals surface area contributed by atoms with Crippen LogP contribution in [0.15, 0.2) is 0 Å². The van der Waals surface area contributed by atoms with Crippen LogP contribution >= 0.6 is 0 Å². The van der Waals surface area contributed by atoms with E-state index in [1.165, 1.54) is 51.4 Å². The van der Waals surface area contributed by atoms with E-state index in [0.717, 1.165) is 32.4 Å². The van der Waals surface area contributed by atoms with Crippen LogP contribution in [0.1, 0.15) is 91.4 Å². The third kappa shape index (κ3) is 3.58. The zero-order valence-corrected chi connectivity index (χ0v) is 21.3. The average Bonchev–Trinajstić information content (AvgIpc) is 3.55. The van der Waals surface area contributed by atoms with E-state index in [2.05, 4.69) is 25.7 Å². The van der Waals surface area contributed by atoms with Gasteiger partial charge in [0.15, 0.2) is 6.29 Å². The van der Waals surface area contributed by atoms with Gasteiger partial charge in [-0.25, -0.2) is 0 Å². The molecule has 0 amide bonds. The van der Waals surface area contributed by atoms with Crippen molar-refractivity contribution in [2.45, 2.75) is 116 Å². The number of aliphatic hydroxyl groups is 1. The predicted octanol–water partition coefficient (Wildman–Crippen LogP) is 4.96. The maximum absolute atomic E-state index is 12.1. The van der Waals surface area contributed by atoms with Crippen LogP contribution < -0.4 is 0 Å². The second-order valence-electron chi connectivity index (χ2n) is 13.1. The lowest BCUT2D eigenvalue weighted by Gasteiger charge is -2.64. The normalized spacial score (nSPS) is 51.8. The van der Waals surface area contributed by atoms with Crippen molar-refractivity contribution in [1.29, 1.82) is 0 Å². The summed E-state index contributed by atoms with van der Waals surface area (Å²) in [6.45, 7) is 10.9. The van der Waals surface area contributed by atoms with Crippen LogP contribution in [0.2, 0.25) is 0 Å². The minimum absolute atomic E-state index is 0.123. The zero-order valence-electron chi connectivity index (χ0n) is 21.3. The first-order chi connectivity index (χ1) is 15.8. The Hall–Kier alpha value is -0.200. The lowest BCUT2D eigenvalue weighted by atomic mass is 9.43. The van der Waals surface area contributed by atoms with Crippen molar-refractivity contribution >= 4 is 0 Å². The molecule has 2 saturated heterocycles. The molecule has 4 aliphatic carbocycles. The standard InChI is InChI=1S/C28H47NO4/c1-19(29-13-4-5-14-29)33-24-17-20-7-8-23-22(9-12-26(2)10-6-11-28(23,26)30)27(20,3)18-21(24)25-31-15-16-32-25/h19-25,30H,4-18H2,1-3H3/t19?,20-,21?,22+,23-,24-,26+,27+,28+/m1/s1. The van der Waals surface area contributed by atoms with Gasteiger partial charge in [0, 0.05) is 19.0 Å². The van der Waals surface area contributed by atoms with E-state index < -0.39 is 5.60 Å². The van der Waals surface area contributed by atoms with Gasteiger partial charge in [-0.2, -0.15) is 0 Å². The average molecular weight is 462 g/mol. The topological polar surface area (TPSA) is 51.2 Å². The largest absolute Gasteiger partial charge is 0.389 e. The Morgan fingerprint density at radius 3 is 2.45 bits per heavy atom. The molecule has 6 rings (SSSR count). The Kier molecular flexibility index (Phi) is 5.93. The highest BCUT2D eigenvalue weighted by Crippen LogP contribution is 2.68. The number of fused-ring (bicyclic) bond motifs is 5. The van der Waals surface area contributed by atoms with Crippen LogP contribution in [0.3, 0.4) is 0 Å². The summed E-state index contributed by atoms with van der Waals surface area (Å²) >= 11 is 0. The molecule has 2 unspecified atom stereocenters. The van der Waals surface area contributed by atoms with Crippen LogP contribution in [0, 0.1) is 34.5 Å². The summed E-state index contributed by atoms with van der Waals surface area (Å²) in [6, 6.07) is 0. The molecule has 4 saturated carbocycles. The van der Waals surface area contributed by atoms with Crippen molar-refractivity contribution < 1.29 is 19.3 Å². The van der Waals surface area contributed by atoms with Crippen molar-refractivity contribution in [3.8, 4) is 0 Å². The van der Waals surface area contributed by atoms with Gasteiger partial charge in [0.2, 0.25) is 0 Å². The van der Waals surface area contributed by atoms with E-state index in [4.69, 9.17) is 14.2 Å². The van der Waals surface area contributed by atoms with Gasteiger partial charge in [-0.3, -0.25) is 4.90 Å². The highest BCUT2D eigenvalue weighted by Gasteiger charge is 2.65. The fourth-order valence-electron chi connectivity index (χ4n) is 9.79. The molecule has 6 aliphatic rings. The molecule has 1 N–H and O–H groups in total. The molecule has 2 heterocycles. The third-order valence-electron chi connectivity index (χ3n) is 11.7. The summed E-state index contributed by atoms with van der Waals surface area (Å²) in [5.74, 6) is 2.06. The Morgan fingerprint density at radius 1 is 0.939 bits per heavy atom. The summed E-state index contributed by atoms with van der Waals surface area (Å²) < 4.78 is 19.1. The van der Waals surface area contributed by atoms with Crippen molar-refractivity contribution in [2.24, 2.45) is 34.5 Å². The van der Waals surface area contributed by atoms with Crippen molar-refractivity contribution in [1.82, 2.24) is 4.90 Å². The van der Waals surface area contributed by atoms with Crippen LogP contribution in [0.5, 0.6) is 0 Å². The summed E-state index contributed by atoms with van der Waals surface area (Å²) in [7, 11) is 0. The first kappa shape index (κ1) is 23.2. The van der Waals surface area contributed by atoms with Crippen LogP contribution in [-0.2, 0) is 14.2 Å². The minimum Gasteiger partial charge on any atom is -0.389 e. The van der Waals surface area contributed by atoms with E-state index >= 15 is 0 Å². The van der Waals surface area contributed by atoms with Crippen LogP contribution in [-0.4, -0.2) is 60.5 Å². The summed E-state index contributed by atoms with van der Waals surface area (Å²) in [4.78, 5) is 2.51. The number of likely N-dealkylation sites (tertiary alicyclic amines) is 1. The molecule has 0 aromatic rings. The minimum atomic E-state index is -0.447. The molecule has 188 valence electrons. The molecule has 33 heavy (non-hydrogen) atoms. The molecular formula is C28H47NO4. The number of nitrogens with zero attached hydrogens (tertiary/aromatic N) is 1. The molecule has 5 heteroatoms. The van der Waals surface area contributed by atoms with Gasteiger partial charge in [-0.15, -0.1) is 0 Å². The highest BCUT2D eigenvalue weighted by molar-refractivity contribution is 5.15. The Labute approximate surface area is 200 Å². The van der Waals surface area contributed by atoms with Gasteiger partial charge in [0.1, 0.15) is 6.23 Å². The maximum Gasteiger partial charge on any atom is 0.163 e. The lowest BCUT2D eigenvalue weighted by Crippen LogP contribution is -2.62. The molecule has 0 aromatic heterocycles. The van der Waals surface area contributed by atoms with E-state index in [1.807, 2.05) is 0 Å². The van der Waals surface area contributed by atoms with Crippen LogP contribution in [0.25, 0.3) is 0 Å². The highest BCUT2D eigenvalue weighted by atomic mass is 16.7. The van der Waals surface area contributed by atoms with Gasteiger partial charge in [-0.1, -0.05) is 13.8 Å². The fraction of sp³-hybridized carbons (Fsp3) is 1.00. The van der Waals surface area contributed by atoms with E-state index in [1.54, 1.807) is 0 Å². The monoisotopic (exact) mass is 461 g/mol. The van der Waals surface area contributed by atoms with E-state index in [9.17, 15) is 5.11 Å². The van der Waals surface area contributed by atoms with Gasteiger partial charge < -0.3 is 19.3 Å². The van der Waals surface area contributed by atoms with Crippen LogP contribution in [0.4, 0.5) is 0 Å². The lowest BCUT2D eigenvalue weighted by molar-refractivity contribution is -0.239. The molecular weight excluding hydrogens is 414 g/mol. The summed E-state index contributed by atoms with van der Waals surface area (Å²) in [5.41, 5.74) is -0.0590. The second-order valence-corrected chi connectivity index (χ2v) is 13.1. The molecule has 5 nitrogen and oxygen atoms in total. The molecule has 9 atom stereocenters. The molecule has 6 fully saturated rings. The first-order valence-electron chi connectivity index (χ1n) is 14.2. The van der Waals surface area contributed by atoms with E-state index in [0.29, 0.717) is 36.9 Å². The third-order valence-corrected chi connectivity index (χ3v) is 11.7. The molecule has 0 bridgehead atoms. The van der Waals surface area contributed by atoms with Crippen molar-refractivity contribution in [3.05, 3.63) is 0 Å². The molecule has 0 radical (unpaired) electrons. The Morgan fingerprint density at radius 2 is 1.70 bits per heavy atom. The SMILES string of the molecule is CC(O[C@@H]1C[C@H]2CC[C@@H]3[C@H](CC[C@]4(C)CCC[C@]34O)[C@@]2(C)CC1C1OCCO1)N1CCCC1. The second kappa shape index (κ2) is 8.44. The van der Waals surface area contributed by atoms with Gasteiger partial charge >= 0.3 is 0 Å². The van der Waals surface area contributed by atoms with Gasteiger partial charge in [0.05, 0.1) is 24.9 Å². The zero-order chi connectivity index (χ0) is 22.8. The van der Waals surface area contributed by atoms with E-state index in [-0.39, 0.29) is 29.5 Å². The smallest absolute Gasteiger partial charge is 0.163 e. The first-order valence-corrected chi connectivity index (χ1v) is 14.2.